The van der Waals surface area contributed by atoms with Gasteiger partial charge >= 0.3 is 0 Å². The summed E-state index contributed by atoms with van der Waals surface area (Å²) in [6, 6.07) is 29.9. The molecule has 178 valence electrons. The fraction of sp³-hybridized carbons (Fsp3) is 0.0968. The van der Waals surface area contributed by atoms with Crippen LogP contribution in [0.5, 0.6) is 0 Å². The van der Waals surface area contributed by atoms with Crippen molar-refractivity contribution in [2.24, 2.45) is 0 Å². The smallest absolute Gasteiger partial charge is 0.196 e. The van der Waals surface area contributed by atoms with E-state index in [1.165, 1.54) is 0 Å². The summed E-state index contributed by atoms with van der Waals surface area (Å²) in [4.78, 5) is 29.4. The van der Waals surface area contributed by atoms with Crippen molar-refractivity contribution in [3.05, 3.63) is 126 Å². The van der Waals surface area contributed by atoms with Crippen molar-refractivity contribution in [2.75, 3.05) is 6.26 Å². The van der Waals surface area contributed by atoms with Crippen LogP contribution in [-0.4, -0.2) is 22.4 Å². The minimum atomic E-state index is -0.213. The lowest BCUT2D eigenvalue weighted by Crippen LogP contribution is -2.11. The second kappa shape index (κ2) is 10.3. The number of thioether (sulfide) groups is 1. The quantitative estimate of drug-likeness (QED) is 0.165. The predicted molar refractivity (Wildman–Crippen MR) is 145 cm³/mol. The van der Waals surface area contributed by atoms with Crippen molar-refractivity contribution < 1.29 is 14.0 Å². The topological polar surface area (TPSA) is 52.2 Å². The van der Waals surface area contributed by atoms with Crippen LogP contribution in [0.2, 0.25) is 0 Å². The highest BCUT2D eigenvalue weighted by Gasteiger charge is 2.34. The van der Waals surface area contributed by atoms with Gasteiger partial charge in [-0.3, -0.25) is 9.59 Å². The molecule has 5 heteroatoms. The fourth-order valence-electron chi connectivity index (χ4n) is 4.56. The van der Waals surface area contributed by atoms with E-state index in [9.17, 15) is 9.59 Å². The van der Waals surface area contributed by atoms with E-state index in [2.05, 4.69) is 0 Å². The summed E-state index contributed by atoms with van der Waals surface area (Å²) in [5, 5.41) is 0. The average molecular weight is 492 g/mol. The Hall–Kier alpha value is -4.09. The number of hydrogen-bond acceptors (Lipinski definition) is 4. The summed E-state index contributed by atoms with van der Waals surface area (Å²) in [5.74, 6) is 0.138. The lowest BCUT2D eigenvalue weighted by Gasteiger charge is -2.12. The maximum absolute atomic E-state index is 14.2. The van der Waals surface area contributed by atoms with E-state index in [1.807, 2.05) is 84.5 Å². The first-order valence-electron chi connectivity index (χ1n) is 11.8. The monoisotopic (exact) mass is 491 g/mol. The fourth-order valence-corrected chi connectivity index (χ4v) is 4.97. The Morgan fingerprint density at radius 1 is 0.722 bits per heavy atom. The highest BCUT2D eigenvalue weighted by Crippen LogP contribution is 2.40. The highest BCUT2D eigenvalue weighted by atomic mass is 32.2. The van der Waals surface area contributed by atoms with E-state index in [1.54, 1.807) is 48.4 Å². The number of hydrogen-bond donors (Lipinski definition) is 0. The van der Waals surface area contributed by atoms with Crippen LogP contribution >= 0.6 is 11.8 Å². The third kappa shape index (κ3) is 4.23. The molecule has 0 saturated carbocycles. The Kier molecular flexibility index (Phi) is 6.74. The lowest BCUT2D eigenvalue weighted by molar-refractivity contribution is 0.100. The van der Waals surface area contributed by atoms with E-state index in [4.69, 9.17) is 4.42 Å². The van der Waals surface area contributed by atoms with E-state index >= 15 is 0 Å². The van der Waals surface area contributed by atoms with Gasteiger partial charge in [0.25, 0.3) is 0 Å². The van der Waals surface area contributed by atoms with Gasteiger partial charge in [0.2, 0.25) is 0 Å². The third-order valence-corrected chi connectivity index (χ3v) is 6.97. The summed E-state index contributed by atoms with van der Waals surface area (Å²) in [7, 11) is 0. The van der Waals surface area contributed by atoms with E-state index in [0.717, 1.165) is 10.5 Å². The molecule has 0 amide bonds. The summed E-state index contributed by atoms with van der Waals surface area (Å²) < 4.78 is 7.85. The molecule has 36 heavy (non-hydrogen) atoms. The molecule has 4 nitrogen and oxygen atoms in total. The van der Waals surface area contributed by atoms with Crippen molar-refractivity contribution in [3.63, 3.8) is 0 Å². The number of aromatic nitrogens is 1. The largest absolute Gasteiger partial charge is 0.463 e. The second-order valence-electron chi connectivity index (χ2n) is 8.29. The Labute approximate surface area is 214 Å². The molecular formula is C31H25NO3S. The lowest BCUT2D eigenvalue weighted by atomic mass is 9.91. The Bertz CT molecular complexity index is 1500. The molecule has 0 saturated heterocycles. The molecular weight excluding hydrogens is 466 g/mol. The van der Waals surface area contributed by atoms with Crippen LogP contribution in [0.15, 0.2) is 113 Å². The Morgan fingerprint density at radius 2 is 1.28 bits per heavy atom. The summed E-state index contributed by atoms with van der Waals surface area (Å²) in [6.07, 6.45) is 3.62. The normalized spacial score (nSPS) is 10.9. The van der Waals surface area contributed by atoms with Gasteiger partial charge in [0, 0.05) is 22.6 Å². The number of ketones is 2. The SMILES string of the molecule is CCn1c(-c2ccc(SC)cc2)c(C(=O)c2ccccc2)c(C(=O)c2ccccc2)c1-c1ccco1. The van der Waals surface area contributed by atoms with Crippen LogP contribution in [0.3, 0.4) is 0 Å². The molecule has 0 spiro atoms. The molecule has 2 aromatic heterocycles. The zero-order valence-corrected chi connectivity index (χ0v) is 20.9. The van der Waals surface area contributed by atoms with Crippen molar-refractivity contribution in [3.8, 4) is 22.7 Å². The van der Waals surface area contributed by atoms with Gasteiger partial charge in [-0.25, -0.2) is 0 Å². The third-order valence-electron chi connectivity index (χ3n) is 6.22. The minimum absolute atomic E-state index is 0.196. The van der Waals surface area contributed by atoms with Gasteiger partial charge < -0.3 is 8.98 Å². The molecule has 0 bridgehead atoms. The number of benzene rings is 3. The van der Waals surface area contributed by atoms with Gasteiger partial charge in [-0.05, 0) is 43.0 Å². The molecule has 2 heterocycles. The molecule has 0 aliphatic heterocycles. The van der Waals surface area contributed by atoms with Crippen molar-refractivity contribution in [1.29, 1.82) is 0 Å². The molecule has 0 aliphatic rings. The predicted octanol–water partition coefficient (Wildman–Crippen LogP) is 7.62. The van der Waals surface area contributed by atoms with Gasteiger partial charge in [-0.15, -0.1) is 11.8 Å². The van der Waals surface area contributed by atoms with Crippen molar-refractivity contribution in [2.45, 2.75) is 18.4 Å². The van der Waals surface area contributed by atoms with Crippen LogP contribution in [0.1, 0.15) is 38.8 Å². The first kappa shape index (κ1) is 23.6. The number of furan rings is 1. The van der Waals surface area contributed by atoms with Gasteiger partial charge in [-0.1, -0.05) is 72.8 Å². The van der Waals surface area contributed by atoms with Crippen LogP contribution in [0, 0.1) is 0 Å². The van der Waals surface area contributed by atoms with Crippen molar-refractivity contribution >= 4 is 23.3 Å². The average Bonchev–Trinajstić information content (AvgIpc) is 3.59. The number of nitrogens with zero attached hydrogens (tertiary/aromatic N) is 1. The Morgan fingerprint density at radius 3 is 1.75 bits per heavy atom. The summed E-state index contributed by atoms with van der Waals surface area (Å²) in [6.45, 7) is 2.56. The molecule has 0 radical (unpaired) electrons. The standard InChI is InChI=1S/C31H25NO3S/c1-3-32-28(21-16-18-24(36-2)19-17-21)26(30(33)22-11-6-4-7-12-22)27(29(32)25-15-10-20-35-25)31(34)23-13-8-5-9-14-23/h4-20H,3H2,1-2H3. The van der Waals surface area contributed by atoms with Gasteiger partial charge in [0.1, 0.15) is 0 Å². The highest BCUT2D eigenvalue weighted by molar-refractivity contribution is 7.98. The van der Waals surface area contributed by atoms with E-state index in [-0.39, 0.29) is 11.6 Å². The summed E-state index contributed by atoms with van der Waals surface area (Å²) in [5.41, 5.74) is 3.99. The van der Waals surface area contributed by atoms with Crippen LogP contribution in [-0.2, 0) is 6.54 Å². The number of rotatable bonds is 8. The molecule has 0 aliphatic carbocycles. The molecule has 0 atom stereocenters. The molecule has 0 fully saturated rings. The summed E-state index contributed by atoms with van der Waals surface area (Å²) >= 11 is 1.66. The van der Waals surface area contributed by atoms with Gasteiger partial charge in [0.05, 0.1) is 28.8 Å². The zero-order chi connectivity index (χ0) is 25.1. The van der Waals surface area contributed by atoms with E-state index < -0.39 is 0 Å². The Balaban J connectivity index is 1.89. The first-order chi connectivity index (χ1) is 17.6. The molecule has 3 aromatic carbocycles. The molecule has 5 aromatic rings. The van der Waals surface area contributed by atoms with E-state index in [0.29, 0.717) is 45.9 Å². The van der Waals surface area contributed by atoms with Crippen LogP contribution < -0.4 is 0 Å². The number of carbonyl (C=O) groups is 2. The first-order valence-corrected chi connectivity index (χ1v) is 13.0. The maximum Gasteiger partial charge on any atom is 0.196 e. The van der Waals surface area contributed by atoms with Crippen LogP contribution in [0.4, 0.5) is 0 Å². The molecule has 5 rings (SSSR count). The minimum Gasteiger partial charge on any atom is -0.463 e. The zero-order valence-electron chi connectivity index (χ0n) is 20.1. The number of carbonyl (C=O) groups excluding carboxylic acids is 2. The van der Waals surface area contributed by atoms with Gasteiger partial charge in [0.15, 0.2) is 17.3 Å². The van der Waals surface area contributed by atoms with Gasteiger partial charge in [-0.2, -0.15) is 0 Å². The maximum atomic E-state index is 14.2. The molecule has 0 unspecified atom stereocenters. The van der Waals surface area contributed by atoms with Crippen molar-refractivity contribution in [1.82, 2.24) is 4.57 Å². The molecule has 0 N–H and O–H groups in total. The van der Waals surface area contributed by atoms with Crippen LogP contribution in [0.25, 0.3) is 22.7 Å². The second-order valence-corrected chi connectivity index (χ2v) is 9.17.